The predicted octanol–water partition coefficient (Wildman–Crippen LogP) is 0.777. The molecule has 1 aliphatic rings. The van der Waals surface area contributed by atoms with E-state index in [1.54, 1.807) is 20.8 Å². The Hall–Kier alpha value is -1.30. The zero-order valence-corrected chi connectivity index (χ0v) is 11.3. The highest BCUT2D eigenvalue weighted by atomic mass is 16.6. The molecule has 0 spiro atoms. The molecule has 0 aromatic rings. The van der Waals surface area contributed by atoms with Crippen molar-refractivity contribution in [1.82, 2.24) is 4.90 Å². The van der Waals surface area contributed by atoms with E-state index in [2.05, 4.69) is 0 Å². The molecule has 0 saturated carbocycles. The maximum Gasteiger partial charge on any atom is 0.410 e. The molecule has 0 bridgehead atoms. The summed E-state index contributed by atoms with van der Waals surface area (Å²) in [4.78, 5) is 23.9. The number of carbonyl (C=O) groups excluding carboxylic acids is 2. The van der Waals surface area contributed by atoms with Crippen molar-refractivity contribution in [2.45, 2.75) is 39.4 Å². The third-order valence-corrected chi connectivity index (χ3v) is 2.56. The number of hydrogen-bond acceptors (Lipinski definition) is 5. The summed E-state index contributed by atoms with van der Waals surface area (Å²) in [5.41, 5.74) is -0.560. The van der Waals surface area contributed by atoms with Crippen LogP contribution in [0, 0.1) is 5.92 Å². The maximum atomic E-state index is 11.8. The molecule has 0 unspecified atom stereocenters. The van der Waals surface area contributed by atoms with Crippen LogP contribution in [-0.4, -0.2) is 53.5 Å². The first kappa shape index (κ1) is 14.8. The average Bonchev–Trinajstić information content (AvgIpc) is 2.54. The molecule has 104 valence electrons. The quantitative estimate of drug-likeness (QED) is 0.741. The molecule has 2 atom stereocenters. The van der Waals surface area contributed by atoms with E-state index < -0.39 is 23.8 Å². The highest BCUT2D eigenvalue weighted by Gasteiger charge is 2.36. The molecule has 1 saturated heterocycles. The number of carbonyl (C=O) groups is 2. The number of aliphatic hydroxyl groups excluding tert-OH is 1. The first-order valence-corrected chi connectivity index (χ1v) is 5.98. The summed E-state index contributed by atoms with van der Waals surface area (Å²) >= 11 is 0. The fourth-order valence-electron chi connectivity index (χ4n) is 1.72. The predicted molar refractivity (Wildman–Crippen MR) is 63.9 cm³/mol. The van der Waals surface area contributed by atoms with Gasteiger partial charge in [-0.25, -0.2) is 4.79 Å². The molecule has 0 aromatic heterocycles. The summed E-state index contributed by atoms with van der Waals surface area (Å²) in [7, 11) is 0. The van der Waals surface area contributed by atoms with E-state index in [0.29, 0.717) is 6.54 Å². The number of ether oxygens (including phenoxy) is 2. The monoisotopic (exact) mass is 259 g/mol. The van der Waals surface area contributed by atoms with Gasteiger partial charge in [0.2, 0.25) is 0 Å². The van der Waals surface area contributed by atoms with E-state index in [1.165, 1.54) is 11.8 Å². The van der Waals surface area contributed by atoms with Gasteiger partial charge in [0.1, 0.15) is 5.60 Å². The van der Waals surface area contributed by atoms with E-state index in [4.69, 9.17) is 9.47 Å². The van der Waals surface area contributed by atoms with Crippen molar-refractivity contribution in [3.63, 3.8) is 0 Å². The standard InChI is InChI=1S/C12H21NO5/c1-8(14)17-7-9-5-13(6-10(9)15)11(16)18-12(2,3)4/h9-10,15H,5-7H2,1-4H3/t9-,10+/m0/s1. The van der Waals surface area contributed by atoms with Gasteiger partial charge >= 0.3 is 12.1 Å². The van der Waals surface area contributed by atoms with Gasteiger partial charge in [-0.2, -0.15) is 0 Å². The summed E-state index contributed by atoms with van der Waals surface area (Å²) < 4.78 is 10.1. The Kier molecular flexibility index (Phi) is 4.56. The van der Waals surface area contributed by atoms with E-state index in [9.17, 15) is 14.7 Å². The van der Waals surface area contributed by atoms with Gasteiger partial charge in [0.05, 0.1) is 19.3 Å². The first-order valence-electron chi connectivity index (χ1n) is 5.98. The lowest BCUT2D eigenvalue weighted by atomic mass is 10.1. The van der Waals surface area contributed by atoms with Crippen LogP contribution in [0.2, 0.25) is 0 Å². The summed E-state index contributed by atoms with van der Waals surface area (Å²) in [6.45, 7) is 7.34. The summed E-state index contributed by atoms with van der Waals surface area (Å²) in [6.07, 6.45) is -1.14. The average molecular weight is 259 g/mol. The van der Waals surface area contributed by atoms with Crippen molar-refractivity contribution in [2.75, 3.05) is 19.7 Å². The number of nitrogens with zero attached hydrogens (tertiary/aromatic N) is 1. The molecule has 0 aliphatic carbocycles. The molecule has 1 fully saturated rings. The van der Waals surface area contributed by atoms with Crippen LogP contribution in [0.3, 0.4) is 0 Å². The van der Waals surface area contributed by atoms with Crippen molar-refractivity contribution in [2.24, 2.45) is 5.92 Å². The zero-order chi connectivity index (χ0) is 13.9. The summed E-state index contributed by atoms with van der Waals surface area (Å²) in [5, 5.41) is 9.78. The van der Waals surface area contributed by atoms with Crippen molar-refractivity contribution < 1.29 is 24.2 Å². The molecule has 1 aliphatic heterocycles. The van der Waals surface area contributed by atoms with Crippen molar-refractivity contribution in [1.29, 1.82) is 0 Å². The molecule has 18 heavy (non-hydrogen) atoms. The van der Waals surface area contributed by atoms with Crippen LogP contribution in [-0.2, 0) is 14.3 Å². The molecule has 6 nitrogen and oxygen atoms in total. The minimum Gasteiger partial charge on any atom is -0.465 e. The minimum atomic E-state index is -0.683. The number of hydrogen-bond donors (Lipinski definition) is 1. The van der Waals surface area contributed by atoms with Gasteiger partial charge in [-0.05, 0) is 20.8 Å². The highest BCUT2D eigenvalue weighted by molar-refractivity contribution is 5.68. The largest absolute Gasteiger partial charge is 0.465 e. The molecule has 6 heteroatoms. The van der Waals surface area contributed by atoms with E-state index in [1.807, 2.05) is 0 Å². The Bertz CT molecular complexity index is 323. The first-order chi connectivity index (χ1) is 8.19. The Morgan fingerprint density at radius 1 is 1.33 bits per heavy atom. The van der Waals surface area contributed by atoms with E-state index in [0.717, 1.165) is 0 Å². The smallest absolute Gasteiger partial charge is 0.410 e. The number of esters is 1. The fraction of sp³-hybridized carbons (Fsp3) is 0.833. The van der Waals surface area contributed by atoms with Crippen molar-refractivity contribution >= 4 is 12.1 Å². The minimum absolute atomic E-state index is 0.121. The third kappa shape index (κ3) is 4.52. The van der Waals surface area contributed by atoms with Gasteiger partial charge < -0.3 is 19.5 Å². The lowest BCUT2D eigenvalue weighted by molar-refractivity contribution is -0.142. The Balaban J connectivity index is 2.47. The number of β-amino-alcohol motifs (C(OH)–C–C–N with tert-alkyl or cyclic N) is 1. The molecule has 1 amide bonds. The summed E-state index contributed by atoms with van der Waals surface area (Å²) in [5.74, 6) is -0.640. The molecule has 0 aromatic carbocycles. The van der Waals surface area contributed by atoms with Crippen molar-refractivity contribution in [3.05, 3.63) is 0 Å². The van der Waals surface area contributed by atoms with Gasteiger partial charge in [0.25, 0.3) is 0 Å². The highest BCUT2D eigenvalue weighted by Crippen LogP contribution is 2.20. The Morgan fingerprint density at radius 3 is 2.44 bits per heavy atom. The Labute approximate surface area is 107 Å². The van der Waals surface area contributed by atoms with Crippen LogP contribution in [0.1, 0.15) is 27.7 Å². The second-order valence-electron chi connectivity index (χ2n) is 5.52. The van der Waals surface area contributed by atoms with Crippen LogP contribution in [0.25, 0.3) is 0 Å². The maximum absolute atomic E-state index is 11.8. The lowest BCUT2D eigenvalue weighted by Gasteiger charge is -2.24. The number of likely N-dealkylation sites (tertiary alicyclic amines) is 1. The molecule has 1 N–H and O–H groups in total. The van der Waals surface area contributed by atoms with Gasteiger partial charge in [0.15, 0.2) is 0 Å². The van der Waals surface area contributed by atoms with Crippen LogP contribution in [0.5, 0.6) is 0 Å². The van der Waals surface area contributed by atoms with Crippen LogP contribution < -0.4 is 0 Å². The SMILES string of the molecule is CC(=O)OC[C@@H]1CN(C(=O)OC(C)(C)C)C[C@H]1O. The number of aliphatic hydroxyl groups is 1. The third-order valence-electron chi connectivity index (χ3n) is 2.56. The molecule has 1 rings (SSSR count). The molecule has 0 radical (unpaired) electrons. The second kappa shape index (κ2) is 5.56. The van der Waals surface area contributed by atoms with Gasteiger partial charge in [-0.1, -0.05) is 0 Å². The number of amides is 1. The molecular weight excluding hydrogens is 238 g/mol. The van der Waals surface area contributed by atoms with Crippen LogP contribution >= 0.6 is 0 Å². The fourth-order valence-corrected chi connectivity index (χ4v) is 1.72. The van der Waals surface area contributed by atoms with Crippen molar-refractivity contribution in [3.8, 4) is 0 Å². The van der Waals surface area contributed by atoms with E-state index in [-0.39, 0.29) is 19.1 Å². The second-order valence-corrected chi connectivity index (χ2v) is 5.52. The van der Waals surface area contributed by atoms with Crippen LogP contribution in [0.15, 0.2) is 0 Å². The number of rotatable bonds is 2. The van der Waals surface area contributed by atoms with Crippen LogP contribution in [0.4, 0.5) is 4.79 Å². The topological polar surface area (TPSA) is 76.1 Å². The molecule has 1 heterocycles. The van der Waals surface area contributed by atoms with Gasteiger partial charge in [-0.3, -0.25) is 4.79 Å². The Morgan fingerprint density at radius 2 is 1.94 bits per heavy atom. The van der Waals surface area contributed by atoms with Gasteiger partial charge in [0, 0.05) is 19.4 Å². The zero-order valence-electron chi connectivity index (χ0n) is 11.3. The van der Waals surface area contributed by atoms with E-state index >= 15 is 0 Å². The summed E-state index contributed by atoms with van der Waals surface area (Å²) in [6, 6.07) is 0. The lowest BCUT2D eigenvalue weighted by Crippen LogP contribution is -2.36. The van der Waals surface area contributed by atoms with Gasteiger partial charge in [-0.15, -0.1) is 0 Å². The normalized spacial score (nSPS) is 23.9. The molecular formula is C12H21NO5.